The van der Waals surface area contributed by atoms with Crippen LogP contribution in [0.2, 0.25) is 0 Å². The van der Waals surface area contributed by atoms with Crippen LogP contribution >= 0.6 is 0 Å². The van der Waals surface area contributed by atoms with Crippen LogP contribution in [0.5, 0.6) is 0 Å². The predicted molar refractivity (Wildman–Crippen MR) is 256 cm³/mol. The Labute approximate surface area is 358 Å². The van der Waals surface area contributed by atoms with Crippen molar-refractivity contribution < 1.29 is 4.42 Å². The Morgan fingerprint density at radius 3 is 1.58 bits per heavy atom. The zero-order chi connectivity index (χ0) is 41.0. The van der Waals surface area contributed by atoms with Crippen LogP contribution in [-0.2, 0) is 0 Å². The summed E-state index contributed by atoms with van der Waals surface area (Å²) in [7, 11) is 0. The lowest BCUT2D eigenvalue weighted by molar-refractivity contribution is 0.666. The monoisotopic (exact) mass is 791 g/mol. The molecule has 0 aliphatic heterocycles. The van der Waals surface area contributed by atoms with Gasteiger partial charge in [-0.15, -0.1) is 0 Å². The van der Waals surface area contributed by atoms with Gasteiger partial charge in [-0.05, 0) is 81.9 Å². The van der Waals surface area contributed by atoms with Crippen molar-refractivity contribution in [1.29, 1.82) is 0 Å². The molecule has 0 atom stereocenters. The van der Waals surface area contributed by atoms with Gasteiger partial charge in [0.05, 0.1) is 28.1 Å². The van der Waals surface area contributed by atoms with E-state index >= 15 is 0 Å². The molecule has 0 spiro atoms. The van der Waals surface area contributed by atoms with Crippen LogP contribution in [0.4, 0.5) is 0 Å². The zero-order valence-electron chi connectivity index (χ0n) is 33.6. The maximum absolute atomic E-state index is 7.14. The van der Waals surface area contributed by atoms with Gasteiger partial charge < -0.3 is 8.98 Å². The van der Waals surface area contributed by atoms with Crippen LogP contribution in [0.25, 0.3) is 117 Å². The molecular weight excluding hydrogens is 755 g/mol. The van der Waals surface area contributed by atoms with Crippen LogP contribution in [0.15, 0.2) is 229 Å². The summed E-state index contributed by atoms with van der Waals surface area (Å²) in [6.45, 7) is 0. The average Bonchev–Trinajstić information content (AvgIpc) is 3.90. The second-order valence-electron chi connectivity index (χ2n) is 15.7. The number of nitrogens with zero attached hydrogens (tertiary/aromatic N) is 3. The molecule has 0 aliphatic carbocycles. The molecule has 0 N–H and O–H groups in total. The molecule has 0 bridgehead atoms. The van der Waals surface area contributed by atoms with Gasteiger partial charge in [0, 0.05) is 38.2 Å². The molecule has 0 unspecified atom stereocenters. The number of aromatic nitrogens is 3. The van der Waals surface area contributed by atoms with Gasteiger partial charge in [0.1, 0.15) is 5.58 Å². The Hall–Kier alpha value is -8.34. The van der Waals surface area contributed by atoms with Crippen LogP contribution < -0.4 is 0 Å². The maximum atomic E-state index is 7.14. The minimum atomic E-state index is 0.632. The molecule has 62 heavy (non-hydrogen) atoms. The molecule has 3 aromatic heterocycles. The molecule has 0 saturated heterocycles. The lowest BCUT2D eigenvalue weighted by atomic mass is 9.97. The number of furan rings is 1. The second kappa shape index (κ2) is 14.7. The second-order valence-corrected chi connectivity index (χ2v) is 15.7. The molecule has 0 radical (unpaired) electrons. The molecule has 4 heteroatoms. The van der Waals surface area contributed by atoms with E-state index in [2.05, 4.69) is 211 Å². The first-order valence-electron chi connectivity index (χ1n) is 21.0. The predicted octanol–water partition coefficient (Wildman–Crippen LogP) is 15.5. The summed E-state index contributed by atoms with van der Waals surface area (Å²) < 4.78 is 9.49. The third kappa shape index (κ3) is 6.08. The largest absolute Gasteiger partial charge is 0.454 e. The SMILES string of the molecule is c1ccc(-c2cccc(-c3cc(-c4ccccc4)nc(-c4cc(-c5ccccc5)cc5oc6c(-n7c8ccccc8c8cc(-c9ccccc9)ccc87)cccc6c45)n3)c2)cc1. The van der Waals surface area contributed by atoms with Crippen molar-refractivity contribution in [2.24, 2.45) is 0 Å². The van der Waals surface area contributed by atoms with Crippen LogP contribution in [0, 0.1) is 0 Å². The summed E-state index contributed by atoms with van der Waals surface area (Å²) in [6.07, 6.45) is 0. The van der Waals surface area contributed by atoms with Gasteiger partial charge in [-0.1, -0.05) is 176 Å². The molecule has 0 fully saturated rings. The normalized spacial score (nSPS) is 11.5. The average molecular weight is 792 g/mol. The first kappa shape index (κ1) is 35.6. The fourth-order valence-corrected chi connectivity index (χ4v) is 9.07. The van der Waals surface area contributed by atoms with Crippen molar-refractivity contribution in [3.8, 4) is 73.0 Å². The lowest BCUT2D eigenvalue weighted by Gasteiger charge is -2.12. The quantitative estimate of drug-likeness (QED) is 0.161. The van der Waals surface area contributed by atoms with E-state index < -0.39 is 0 Å². The van der Waals surface area contributed by atoms with Crippen molar-refractivity contribution in [3.63, 3.8) is 0 Å². The zero-order valence-corrected chi connectivity index (χ0v) is 33.6. The van der Waals surface area contributed by atoms with Crippen molar-refractivity contribution in [2.75, 3.05) is 0 Å². The van der Waals surface area contributed by atoms with Crippen LogP contribution in [0.3, 0.4) is 0 Å². The van der Waals surface area contributed by atoms with Gasteiger partial charge in [0.2, 0.25) is 0 Å². The van der Waals surface area contributed by atoms with Gasteiger partial charge >= 0.3 is 0 Å². The van der Waals surface area contributed by atoms with Crippen molar-refractivity contribution in [1.82, 2.24) is 14.5 Å². The molecule has 3 heterocycles. The van der Waals surface area contributed by atoms with Crippen LogP contribution in [0.1, 0.15) is 0 Å². The first-order valence-corrected chi connectivity index (χ1v) is 21.0. The number of rotatable bonds is 7. The minimum absolute atomic E-state index is 0.632. The third-order valence-electron chi connectivity index (χ3n) is 12.0. The van der Waals surface area contributed by atoms with Gasteiger partial charge in [0.25, 0.3) is 0 Å². The molecule has 12 aromatic rings. The van der Waals surface area contributed by atoms with E-state index in [4.69, 9.17) is 14.4 Å². The smallest absolute Gasteiger partial charge is 0.161 e. The van der Waals surface area contributed by atoms with Gasteiger partial charge in [-0.25, -0.2) is 9.97 Å². The minimum Gasteiger partial charge on any atom is -0.454 e. The Bertz CT molecular complexity index is 3610. The summed E-state index contributed by atoms with van der Waals surface area (Å²) in [5.41, 5.74) is 16.2. The van der Waals surface area contributed by atoms with Gasteiger partial charge in [-0.2, -0.15) is 0 Å². The fraction of sp³-hybridized carbons (Fsp3) is 0. The van der Waals surface area contributed by atoms with E-state index in [1.54, 1.807) is 0 Å². The molecule has 0 saturated carbocycles. The lowest BCUT2D eigenvalue weighted by Crippen LogP contribution is -1.97. The number of hydrogen-bond donors (Lipinski definition) is 0. The number of benzene rings is 9. The van der Waals surface area contributed by atoms with E-state index in [9.17, 15) is 0 Å². The Morgan fingerprint density at radius 1 is 0.339 bits per heavy atom. The van der Waals surface area contributed by atoms with Gasteiger partial charge in [-0.3, -0.25) is 0 Å². The standard InChI is InChI=1S/C58H37N3O/c1-5-17-38(18-6-1)42-25-15-26-44(33-42)51-37-50(41-23-11-4-12-24-41)59-58(60-51)49-35-45(40-21-9-3-10-22-40)36-55-56(49)47-28-16-30-54(57(47)62-55)61-52-29-14-13-27-46(52)48-34-43(31-32-53(48)61)39-19-7-2-8-20-39/h1-37H. The fourth-order valence-electron chi connectivity index (χ4n) is 9.07. The van der Waals surface area contributed by atoms with Crippen molar-refractivity contribution in [2.45, 2.75) is 0 Å². The Kier molecular flexibility index (Phi) is 8.46. The summed E-state index contributed by atoms with van der Waals surface area (Å²) in [4.78, 5) is 10.8. The van der Waals surface area contributed by atoms with Crippen molar-refractivity contribution in [3.05, 3.63) is 224 Å². The molecule has 0 aliphatic rings. The molecule has 0 amide bonds. The molecule has 9 aromatic carbocycles. The van der Waals surface area contributed by atoms with E-state index in [1.165, 1.54) is 21.9 Å². The third-order valence-corrected chi connectivity index (χ3v) is 12.0. The highest BCUT2D eigenvalue weighted by molar-refractivity contribution is 6.17. The molecule has 4 nitrogen and oxygen atoms in total. The van der Waals surface area contributed by atoms with E-state index in [0.29, 0.717) is 5.82 Å². The number of para-hydroxylation sites is 2. The summed E-state index contributed by atoms with van der Waals surface area (Å²) >= 11 is 0. The molecular formula is C58H37N3O. The summed E-state index contributed by atoms with van der Waals surface area (Å²) in [5, 5.41) is 4.36. The summed E-state index contributed by atoms with van der Waals surface area (Å²) in [5.74, 6) is 0.632. The first-order chi connectivity index (χ1) is 30.7. The number of hydrogen-bond acceptors (Lipinski definition) is 3. The van der Waals surface area contributed by atoms with Crippen LogP contribution in [-0.4, -0.2) is 14.5 Å². The van der Waals surface area contributed by atoms with E-state index in [-0.39, 0.29) is 0 Å². The highest BCUT2D eigenvalue weighted by Gasteiger charge is 2.23. The highest BCUT2D eigenvalue weighted by atomic mass is 16.3. The summed E-state index contributed by atoms with van der Waals surface area (Å²) in [6, 6.07) is 79.0. The number of fused-ring (bicyclic) bond motifs is 6. The van der Waals surface area contributed by atoms with E-state index in [1.807, 2.05) is 18.2 Å². The van der Waals surface area contributed by atoms with Crippen molar-refractivity contribution >= 4 is 43.7 Å². The van der Waals surface area contributed by atoms with Gasteiger partial charge in [0.15, 0.2) is 11.4 Å². The molecule has 12 rings (SSSR count). The Balaban J connectivity index is 1.12. The van der Waals surface area contributed by atoms with E-state index in [0.717, 1.165) is 89.0 Å². The maximum Gasteiger partial charge on any atom is 0.161 e. The molecule has 290 valence electrons. The highest BCUT2D eigenvalue weighted by Crippen LogP contribution is 2.44. The Morgan fingerprint density at radius 2 is 0.871 bits per heavy atom. The topological polar surface area (TPSA) is 43.9 Å².